The van der Waals surface area contributed by atoms with Crippen molar-refractivity contribution in [2.45, 2.75) is 33.1 Å². The predicted molar refractivity (Wildman–Crippen MR) is 73.6 cm³/mol. The number of hydrogen-bond acceptors (Lipinski definition) is 2. The molecule has 1 unspecified atom stereocenters. The van der Waals surface area contributed by atoms with Crippen LogP contribution in [0.5, 0.6) is 0 Å². The zero-order valence-corrected chi connectivity index (χ0v) is 11.0. The van der Waals surface area contributed by atoms with Crippen molar-refractivity contribution in [3.63, 3.8) is 0 Å². The van der Waals surface area contributed by atoms with Gasteiger partial charge in [0.1, 0.15) is 5.84 Å². The summed E-state index contributed by atoms with van der Waals surface area (Å²) < 4.78 is 0. The highest BCUT2D eigenvalue weighted by atomic mass is 15.1. The normalized spacial score (nSPS) is 17.5. The van der Waals surface area contributed by atoms with Gasteiger partial charge in [0.25, 0.3) is 0 Å². The second kappa shape index (κ2) is 4.91. The smallest absolute Gasteiger partial charge is 0.102 e. The highest BCUT2D eigenvalue weighted by Crippen LogP contribution is 2.32. The molecular weight excluding hydrogens is 208 g/mol. The lowest BCUT2D eigenvalue weighted by molar-refractivity contribution is 0.425. The van der Waals surface area contributed by atoms with E-state index in [-0.39, 0.29) is 5.41 Å². The first kappa shape index (κ1) is 12.2. The minimum atomic E-state index is 0.145. The van der Waals surface area contributed by atoms with Crippen molar-refractivity contribution < 1.29 is 0 Å². The van der Waals surface area contributed by atoms with E-state index in [1.54, 1.807) is 0 Å². The summed E-state index contributed by atoms with van der Waals surface area (Å²) >= 11 is 0. The molecule has 0 amide bonds. The Balaban J connectivity index is 2.05. The number of nitrogens with zero attached hydrogens (tertiary/aromatic N) is 1. The standard InChI is InChI=1S/C15H22N2/c1-12(13-7-5-4-6-8-13)11-15(2,3)14-16-9-10-17-14/h4-8,12H,9-11H2,1-3H3,(H,16,17). The number of rotatable bonds is 4. The van der Waals surface area contributed by atoms with Crippen LogP contribution < -0.4 is 5.32 Å². The molecule has 0 spiro atoms. The van der Waals surface area contributed by atoms with E-state index >= 15 is 0 Å². The number of benzene rings is 1. The average molecular weight is 230 g/mol. The van der Waals surface area contributed by atoms with Crippen molar-refractivity contribution in [1.82, 2.24) is 5.32 Å². The maximum atomic E-state index is 4.56. The summed E-state index contributed by atoms with van der Waals surface area (Å²) in [5.74, 6) is 1.75. The molecule has 1 aliphatic heterocycles. The molecule has 0 bridgehead atoms. The first-order chi connectivity index (χ1) is 8.09. The van der Waals surface area contributed by atoms with Crippen LogP contribution in [0.4, 0.5) is 0 Å². The van der Waals surface area contributed by atoms with E-state index < -0.39 is 0 Å². The lowest BCUT2D eigenvalue weighted by atomic mass is 9.80. The first-order valence-corrected chi connectivity index (χ1v) is 6.43. The summed E-state index contributed by atoms with van der Waals surface area (Å²) in [6.45, 7) is 8.79. The largest absolute Gasteiger partial charge is 0.372 e. The summed E-state index contributed by atoms with van der Waals surface area (Å²) in [4.78, 5) is 4.56. The molecule has 1 atom stereocenters. The summed E-state index contributed by atoms with van der Waals surface area (Å²) in [6, 6.07) is 10.7. The van der Waals surface area contributed by atoms with Gasteiger partial charge < -0.3 is 5.32 Å². The molecule has 1 heterocycles. The molecule has 17 heavy (non-hydrogen) atoms. The van der Waals surface area contributed by atoms with E-state index in [0.717, 1.165) is 19.5 Å². The molecule has 2 heteroatoms. The molecule has 2 rings (SSSR count). The minimum absolute atomic E-state index is 0.145. The van der Waals surface area contributed by atoms with Gasteiger partial charge in [-0.3, -0.25) is 4.99 Å². The summed E-state index contributed by atoms with van der Waals surface area (Å²) in [6.07, 6.45) is 1.13. The predicted octanol–water partition coefficient (Wildman–Crippen LogP) is 3.21. The van der Waals surface area contributed by atoms with E-state index in [0.29, 0.717) is 5.92 Å². The number of hydrogen-bond donors (Lipinski definition) is 1. The van der Waals surface area contributed by atoms with E-state index in [9.17, 15) is 0 Å². The first-order valence-electron chi connectivity index (χ1n) is 6.43. The van der Waals surface area contributed by atoms with Crippen LogP contribution in [0.15, 0.2) is 35.3 Å². The van der Waals surface area contributed by atoms with E-state index in [2.05, 4.69) is 61.4 Å². The van der Waals surface area contributed by atoms with Crippen molar-refractivity contribution in [2.24, 2.45) is 10.4 Å². The monoisotopic (exact) mass is 230 g/mol. The van der Waals surface area contributed by atoms with Crippen LogP contribution in [0.2, 0.25) is 0 Å². The Bertz CT molecular complexity index is 393. The lowest BCUT2D eigenvalue weighted by Crippen LogP contribution is -2.34. The maximum absolute atomic E-state index is 4.56. The van der Waals surface area contributed by atoms with Gasteiger partial charge in [-0.25, -0.2) is 0 Å². The summed E-state index contributed by atoms with van der Waals surface area (Å²) in [5, 5.41) is 3.40. The summed E-state index contributed by atoms with van der Waals surface area (Å²) in [7, 11) is 0. The van der Waals surface area contributed by atoms with Gasteiger partial charge in [-0.05, 0) is 17.9 Å². The topological polar surface area (TPSA) is 24.4 Å². The SMILES string of the molecule is CC(CC(C)(C)C1=NCCN1)c1ccccc1. The molecule has 0 aromatic heterocycles. The molecule has 0 fully saturated rings. The molecule has 92 valence electrons. The zero-order chi connectivity index (χ0) is 12.3. The lowest BCUT2D eigenvalue weighted by Gasteiger charge is -2.28. The molecule has 1 N–H and O–H groups in total. The van der Waals surface area contributed by atoms with Crippen LogP contribution >= 0.6 is 0 Å². The van der Waals surface area contributed by atoms with Crippen molar-refractivity contribution in [3.8, 4) is 0 Å². The van der Waals surface area contributed by atoms with Crippen molar-refractivity contribution in [3.05, 3.63) is 35.9 Å². The van der Waals surface area contributed by atoms with Crippen molar-refractivity contribution in [1.29, 1.82) is 0 Å². The van der Waals surface area contributed by atoms with Gasteiger partial charge in [0, 0.05) is 12.0 Å². The van der Waals surface area contributed by atoms with Crippen LogP contribution in [0.1, 0.15) is 38.7 Å². The molecule has 2 nitrogen and oxygen atoms in total. The average Bonchev–Trinajstić information content (AvgIpc) is 2.84. The van der Waals surface area contributed by atoms with Gasteiger partial charge in [0.2, 0.25) is 0 Å². The van der Waals surface area contributed by atoms with Gasteiger partial charge in [-0.2, -0.15) is 0 Å². The highest BCUT2D eigenvalue weighted by Gasteiger charge is 2.29. The quantitative estimate of drug-likeness (QED) is 0.844. The molecule has 0 saturated carbocycles. The van der Waals surface area contributed by atoms with E-state index in [1.807, 2.05) is 0 Å². The third kappa shape index (κ3) is 2.87. The van der Waals surface area contributed by atoms with Gasteiger partial charge in [0.15, 0.2) is 0 Å². The summed E-state index contributed by atoms with van der Waals surface area (Å²) in [5.41, 5.74) is 1.56. The Labute approximate surface area is 104 Å². The Hall–Kier alpha value is -1.31. The number of aliphatic imine (C=N–C) groups is 1. The van der Waals surface area contributed by atoms with E-state index in [4.69, 9.17) is 0 Å². The second-order valence-electron chi connectivity index (χ2n) is 5.56. The molecule has 0 radical (unpaired) electrons. The number of nitrogens with one attached hydrogen (secondary N) is 1. The van der Waals surface area contributed by atoms with Gasteiger partial charge >= 0.3 is 0 Å². The van der Waals surface area contributed by atoms with Gasteiger partial charge in [-0.1, -0.05) is 51.1 Å². The van der Waals surface area contributed by atoms with Gasteiger partial charge in [-0.15, -0.1) is 0 Å². The molecule has 0 aliphatic carbocycles. The number of amidine groups is 1. The van der Waals surface area contributed by atoms with Crippen LogP contribution in [-0.2, 0) is 0 Å². The third-order valence-corrected chi connectivity index (χ3v) is 3.50. The van der Waals surface area contributed by atoms with E-state index in [1.165, 1.54) is 11.4 Å². The molecule has 1 aliphatic rings. The minimum Gasteiger partial charge on any atom is -0.372 e. The van der Waals surface area contributed by atoms with Crippen molar-refractivity contribution in [2.75, 3.05) is 13.1 Å². The Kier molecular flexibility index (Phi) is 3.51. The third-order valence-electron chi connectivity index (χ3n) is 3.50. The molecule has 0 saturated heterocycles. The molecular formula is C15H22N2. The zero-order valence-electron chi connectivity index (χ0n) is 11.0. The Morgan fingerprint density at radius 1 is 1.29 bits per heavy atom. The Morgan fingerprint density at radius 2 is 2.00 bits per heavy atom. The fourth-order valence-corrected chi connectivity index (χ4v) is 2.61. The fourth-order valence-electron chi connectivity index (χ4n) is 2.61. The van der Waals surface area contributed by atoms with Crippen molar-refractivity contribution >= 4 is 5.84 Å². The van der Waals surface area contributed by atoms with Gasteiger partial charge in [0.05, 0.1) is 6.54 Å². The Morgan fingerprint density at radius 3 is 2.59 bits per heavy atom. The molecule has 1 aromatic rings. The molecule has 1 aromatic carbocycles. The fraction of sp³-hybridized carbons (Fsp3) is 0.533. The van der Waals surface area contributed by atoms with Crippen LogP contribution in [0, 0.1) is 5.41 Å². The van der Waals surface area contributed by atoms with Crippen LogP contribution in [0.25, 0.3) is 0 Å². The maximum Gasteiger partial charge on any atom is 0.102 e. The highest BCUT2D eigenvalue weighted by molar-refractivity contribution is 5.88. The van der Waals surface area contributed by atoms with Crippen LogP contribution in [0.3, 0.4) is 0 Å². The van der Waals surface area contributed by atoms with Crippen LogP contribution in [-0.4, -0.2) is 18.9 Å². The second-order valence-corrected chi connectivity index (χ2v) is 5.56.